The molecule has 0 fully saturated rings. The first kappa shape index (κ1) is 23.4. The molecule has 0 spiro atoms. The van der Waals surface area contributed by atoms with Crippen LogP contribution < -0.4 is 0 Å². The molecule has 0 aliphatic rings. The van der Waals surface area contributed by atoms with Gasteiger partial charge in [0.05, 0.1) is 18.6 Å². The zero-order valence-corrected chi connectivity index (χ0v) is 15.2. The number of hydrogen-bond donors (Lipinski definition) is 2. The molecular formula is C18H26O8. The number of rotatable bonds is 13. The SMILES string of the molecule is C=C(C)C(=O)OCCC(CCCC(=O)O)(CCOC(=O)C(=C)C)C(=O)O. The maximum Gasteiger partial charge on any atom is 0.333 e. The Morgan fingerprint density at radius 1 is 0.846 bits per heavy atom. The molecule has 2 N–H and O–H groups in total. The maximum atomic E-state index is 11.9. The quantitative estimate of drug-likeness (QED) is 0.373. The van der Waals surface area contributed by atoms with Gasteiger partial charge in [0.25, 0.3) is 0 Å². The van der Waals surface area contributed by atoms with Crippen LogP contribution in [0.1, 0.15) is 46.0 Å². The zero-order chi connectivity index (χ0) is 20.3. The summed E-state index contributed by atoms with van der Waals surface area (Å²) in [6.45, 7) is 9.48. The number of carboxylic acid groups (broad SMARTS) is 2. The largest absolute Gasteiger partial charge is 0.481 e. The maximum absolute atomic E-state index is 11.9. The first-order valence-corrected chi connectivity index (χ1v) is 8.12. The van der Waals surface area contributed by atoms with E-state index in [0.717, 1.165) is 0 Å². The minimum atomic E-state index is -1.37. The Hall–Kier alpha value is -2.64. The zero-order valence-electron chi connectivity index (χ0n) is 15.2. The number of aliphatic carboxylic acids is 2. The predicted molar refractivity (Wildman–Crippen MR) is 92.3 cm³/mol. The minimum Gasteiger partial charge on any atom is -0.481 e. The Morgan fingerprint density at radius 2 is 1.27 bits per heavy atom. The topological polar surface area (TPSA) is 127 Å². The molecule has 0 aliphatic carbocycles. The van der Waals surface area contributed by atoms with E-state index in [2.05, 4.69) is 13.2 Å². The summed E-state index contributed by atoms with van der Waals surface area (Å²) in [5, 5.41) is 18.4. The molecule has 0 atom stereocenters. The average Bonchev–Trinajstić information content (AvgIpc) is 2.53. The van der Waals surface area contributed by atoms with Gasteiger partial charge in [0.1, 0.15) is 0 Å². The van der Waals surface area contributed by atoms with Gasteiger partial charge in [-0.2, -0.15) is 0 Å². The highest BCUT2D eigenvalue weighted by Gasteiger charge is 2.38. The third-order valence-electron chi connectivity index (χ3n) is 3.82. The number of carboxylic acids is 2. The Bertz CT molecular complexity index is 544. The molecule has 26 heavy (non-hydrogen) atoms. The van der Waals surface area contributed by atoms with Crippen LogP contribution in [0, 0.1) is 5.41 Å². The van der Waals surface area contributed by atoms with Gasteiger partial charge in [-0.15, -0.1) is 0 Å². The highest BCUT2D eigenvalue weighted by Crippen LogP contribution is 2.34. The van der Waals surface area contributed by atoms with E-state index in [4.69, 9.17) is 14.6 Å². The lowest BCUT2D eigenvalue weighted by atomic mass is 9.77. The number of esters is 2. The number of ether oxygens (including phenoxy) is 2. The second kappa shape index (κ2) is 11.1. The third-order valence-corrected chi connectivity index (χ3v) is 3.82. The molecule has 0 amide bonds. The molecule has 8 nitrogen and oxygen atoms in total. The summed E-state index contributed by atoms with van der Waals surface area (Å²) in [7, 11) is 0. The fourth-order valence-electron chi connectivity index (χ4n) is 2.20. The van der Waals surface area contributed by atoms with Crippen molar-refractivity contribution in [3.05, 3.63) is 24.3 Å². The molecule has 0 heterocycles. The smallest absolute Gasteiger partial charge is 0.333 e. The highest BCUT2D eigenvalue weighted by atomic mass is 16.5. The van der Waals surface area contributed by atoms with Gasteiger partial charge in [-0.25, -0.2) is 9.59 Å². The van der Waals surface area contributed by atoms with E-state index >= 15 is 0 Å². The molecule has 0 saturated heterocycles. The Morgan fingerprint density at radius 3 is 1.58 bits per heavy atom. The van der Waals surface area contributed by atoms with E-state index in [1.54, 1.807) is 0 Å². The molecule has 0 aromatic carbocycles. The monoisotopic (exact) mass is 370 g/mol. The summed E-state index contributed by atoms with van der Waals surface area (Å²) in [4.78, 5) is 45.5. The van der Waals surface area contributed by atoms with E-state index in [1.165, 1.54) is 13.8 Å². The summed E-state index contributed by atoms with van der Waals surface area (Å²) in [6, 6.07) is 0. The molecule has 0 radical (unpaired) electrons. The number of carbonyl (C=O) groups is 4. The van der Waals surface area contributed by atoms with Crippen molar-refractivity contribution in [2.75, 3.05) is 13.2 Å². The second-order valence-electron chi connectivity index (χ2n) is 6.17. The number of hydrogen-bond acceptors (Lipinski definition) is 6. The first-order valence-electron chi connectivity index (χ1n) is 8.12. The summed E-state index contributed by atoms with van der Waals surface area (Å²) >= 11 is 0. The van der Waals surface area contributed by atoms with Gasteiger partial charge < -0.3 is 19.7 Å². The van der Waals surface area contributed by atoms with Crippen molar-refractivity contribution >= 4 is 23.9 Å². The third kappa shape index (κ3) is 8.46. The van der Waals surface area contributed by atoms with E-state index in [1.807, 2.05) is 0 Å². The standard InChI is InChI=1S/C18H26O8/c1-12(2)15(21)25-10-8-18(17(23)24,7-5-6-14(19)20)9-11-26-16(22)13(3)4/h1,3,5-11H2,2,4H3,(H,19,20)(H,23,24). The van der Waals surface area contributed by atoms with Crippen LogP contribution in [0.15, 0.2) is 24.3 Å². The van der Waals surface area contributed by atoms with Crippen molar-refractivity contribution in [2.24, 2.45) is 5.41 Å². The van der Waals surface area contributed by atoms with E-state index in [-0.39, 0.29) is 56.5 Å². The molecule has 0 rings (SSSR count). The average molecular weight is 370 g/mol. The second-order valence-corrected chi connectivity index (χ2v) is 6.17. The summed E-state index contributed by atoms with van der Waals surface area (Å²) in [5.74, 6) is -3.47. The van der Waals surface area contributed by atoms with Gasteiger partial charge in [0, 0.05) is 17.6 Å². The van der Waals surface area contributed by atoms with Gasteiger partial charge in [-0.1, -0.05) is 13.2 Å². The van der Waals surface area contributed by atoms with Crippen LogP contribution in [0.2, 0.25) is 0 Å². The fraction of sp³-hybridized carbons (Fsp3) is 0.556. The van der Waals surface area contributed by atoms with E-state index < -0.39 is 29.3 Å². The predicted octanol–water partition coefficient (Wildman–Crippen LogP) is 2.33. The molecule has 0 aromatic rings. The van der Waals surface area contributed by atoms with Crippen LogP contribution in [0.25, 0.3) is 0 Å². The van der Waals surface area contributed by atoms with E-state index in [0.29, 0.717) is 0 Å². The van der Waals surface area contributed by atoms with Crippen LogP contribution in [0.4, 0.5) is 0 Å². The van der Waals surface area contributed by atoms with E-state index in [9.17, 15) is 24.3 Å². The first-order chi connectivity index (χ1) is 12.0. The summed E-state index contributed by atoms with van der Waals surface area (Å²) in [6.07, 6.45) is -0.0856. The minimum absolute atomic E-state index is 0.0361. The van der Waals surface area contributed by atoms with Crippen LogP contribution in [-0.2, 0) is 28.7 Å². The molecule has 146 valence electrons. The van der Waals surface area contributed by atoms with Crippen LogP contribution >= 0.6 is 0 Å². The van der Waals surface area contributed by atoms with Gasteiger partial charge in [0.15, 0.2) is 0 Å². The van der Waals surface area contributed by atoms with Crippen LogP contribution in [0.3, 0.4) is 0 Å². The Kier molecular flexibility index (Phi) is 9.94. The molecule has 0 saturated carbocycles. The lowest BCUT2D eigenvalue weighted by molar-refractivity contribution is -0.156. The van der Waals surface area contributed by atoms with Crippen LogP contribution in [0.5, 0.6) is 0 Å². The van der Waals surface area contributed by atoms with Gasteiger partial charge in [-0.3, -0.25) is 9.59 Å². The summed E-state index contributed by atoms with van der Waals surface area (Å²) in [5.41, 5.74) is -1.00. The molecule has 0 bridgehead atoms. The normalized spacial score (nSPS) is 10.7. The van der Waals surface area contributed by atoms with Crippen molar-refractivity contribution < 1.29 is 38.9 Å². The van der Waals surface area contributed by atoms with Crippen LogP contribution in [-0.4, -0.2) is 47.3 Å². The highest BCUT2D eigenvalue weighted by molar-refractivity contribution is 5.87. The Labute approximate surface area is 152 Å². The van der Waals surface area contributed by atoms with Gasteiger partial charge in [-0.05, 0) is 39.5 Å². The lowest BCUT2D eigenvalue weighted by Gasteiger charge is -2.29. The van der Waals surface area contributed by atoms with Crippen molar-refractivity contribution in [1.29, 1.82) is 0 Å². The van der Waals surface area contributed by atoms with Crippen molar-refractivity contribution in [1.82, 2.24) is 0 Å². The lowest BCUT2D eigenvalue weighted by Crippen LogP contribution is -2.35. The molecule has 0 aromatic heterocycles. The Balaban J connectivity index is 5.03. The molecule has 8 heteroatoms. The molecule has 0 unspecified atom stereocenters. The van der Waals surface area contributed by atoms with Crippen molar-refractivity contribution in [3.8, 4) is 0 Å². The summed E-state index contributed by atoms with van der Waals surface area (Å²) < 4.78 is 9.92. The van der Waals surface area contributed by atoms with Gasteiger partial charge >= 0.3 is 23.9 Å². The molecular weight excluding hydrogens is 344 g/mol. The fourth-order valence-corrected chi connectivity index (χ4v) is 2.20. The van der Waals surface area contributed by atoms with Crippen molar-refractivity contribution in [3.63, 3.8) is 0 Å². The van der Waals surface area contributed by atoms with Gasteiger partial charge in [0.2, 0.25) is 0 Å². The molecule has 0 aliphatic heterocycles. The number of carbonyl (C=O) groups excluding carboxylic acids is 2. The van der Waals surface area contributed by atoms with Crippen molar-refractivity contribution in [2.45, 2.75) is 46.0 Å².